The summed E-state index contributed by atoms with van der Waals surface area (Å²) >= 11 is 0. The number of aliphatic carboxylic acids is 2. The van der Waals surface area contributed by atoms with E-state index in [1.807, 2.05) is 0 Å². The summed E-state index contributed by atoms with van der Waals surface area (Å²) in [5, 5.41) is 27.3. The van der Waals surface area contributed by atoms with Crippen LogP contribution >= 0.6 is 0 Å². The zero-order valence-electron chi connectivity index (χ0n) is 4.86. The minimum atomic E-state index is -1.96. The Labute approximate surface area is 75.8 Å². The van der Waals surface area contributed by atoms with E-state index in [1.165, 1.54) is 0 Å². The average Bonchev–Trinajstić information content (AvgIpc) is 1.63. The molecule has 0 saturated carbocycles. The number of aliphatic hydroxyl groups excluding tert-OH is 1. The molecule has 0 bridgehead atoms. The molecule has 0 rings (SSSR count). The van der Waals surface area contributed by atoms with Gasteiger partial charge in [0.15, 0.2) is 0 Å². The van der Waals surface area contributed by atoms with Crippen LogP contribution in [0.4, 0.5) is 0 Å². The average molecular weight is 223 g/mol. The van der Waals surface area contributed by atoms with Crippen molar-refractivity contribution >= 4 is 11.9 Å². The maximum absolute atomic E-state index is 9.58. The maximum atomic E-state index is 9.58. The van der Waals surface area contributed by atoms with Crippen LogP contribution in [-0.4, -0.2) is 23.1 Å². The molecule has 0 heterocycles. The number of carboxylic acid groups (broad SMARTS) is 2. The van der Waals surface area contributed by atoms with Crippen LogP contribution in [0.3, 0.4) is 0 Å². The van der Waals surface area contributed by atoms with Crippen molar-refractivity contribution in [2.24, 2.45) is 0 Å². The topological polar surface area (TPSA) is 100 Å². The fraction of sp³-hybridized carbons (Fsp3) is 0.500. The van der Waals surface area contributed by atoms with Crippen molar-refractivity contribution in [3.05, 3.63) is 0 Å². The van der Waals surface area contributed by atoms with Crippen molar-refractivity contribution in [2.75, 3.05) is 0 Å². The predicted octanol–water partition coefficient (Wildman–Crippen LogP) is -3.77. The first kappa shape index (κ1) is 12.5. The van der Waals surface area contributed by atoms with Gasteiger partial charge in [-0.15, -0.1) is 0 Å². The summed E-state index contributed by atoms with van der Waals surface area (Å²) in [6, 6.07) is 0. The molecule has 0 aromatic heterocycles. The molecule has 0 aromatic rings. The number of rotatable bonds is 3. The second-order valence-electron chi connectivity index (χ2n) is 1.41. The molecule has 5 nitrogen and oxygen atoms in total. The molecular formula is C4H4O5Zr. The minimum Gasteiger partial charge on any atom is -0.550 e. The first-order valence-electron chi connectivity index (χ1n) is 2.13. The molecule has 1 N–H and O–H groups in total. The van der Waals surface area contributed by atoms with E-state index in [2.05, 4.69) is 0 Å². The van der Waals surface area contributed by atoms with Gasteiger partial charge in [-0.3, -0.25) is 0 Å². The van der Waals surface area contributed by atoms with Gasteiger partial charge in [-0.05, 0) is 0 Å². The van der Waals surface area contributed by atoms with Crippen molar-refractivity contribution < 1.29 is 51.1 Å². The van der Waals surface area contributed by atoms with Gasteiger partial charge in [-0.2, -0.15) is 0 Å². The summed E-state index contributed by atoms with van der Waals surface area (Å²) in [5.41, 5.74) is 0. The number of hydrogen-bond donors (Lipinski definition) is 1. The van der Waals surface area contributed by atoms with E-state index in [4.69, 9.17) is 5.11 Å². The largest absolute Gasteiger partial charge is 2.00 e. The molecule has 1 unspecified atom stereocenters. The third kappa shape index (κ3) is 5.91. The Hall–Kier alpha value is -0.217. The molecule has 0 amide bonds. The Bertz CT molecular complexity index is 134. The van der Waals surface area contributed by atoms with Gasteiger partial charge >= 0.3 is 26.2 Å². The molecule has 0 saturated heterocycles. The van der Waals surface area contributed by atoms with E-state index in [9.17, 15) is 19.8 Å². The van der Waals surface area contributed by atoms with Crippen LogP contribution in [0.15, 0.2) is 0 Å². The predicted molar refractivity (Wildman–Crippen MR) is 20.6 cm³/mol. The van der Waals surface area contributed by atoms with Crippen molar-refractivity contribution in [3.8, 4) is 0 Å². The smallest absolute Gasteiger partial charge is 0.550 e. The number of carboxylic acids is 2. The number of aliphatic hydroxyl groups is 1. The summed E-state index contributed by atoms with van der Waals surface area (Å²) < 4.78 is 0. The third-order valence-electron chi connectivity index (χ3n) is 0.632. The molecule has 0 spiro atoms. The van der Waals surface area contributed by atoms with E-state index < -0.39 is 24.5 Å². The van der Waals surface area contributed by atoms with Gasteiger partial charge in [0.25, 0.3) is 0 Å². The fourth-order valence-electron chi connectivity index (χ4n) is 0.241. The Morgan fingerprint density at radius 3 is 1.90 bits per heavy atom. The Morgan fingerprint density at radius 1 is 1.40 bits per heavy atom. The monoisotopic (exact) mass is 222 g/mol. The number of hydrogen-bond acceptors (Lipinski definition) is 5. The van der Waals surface area contributed by atoms with Gasteiger partial charge < -0.3 is 24.9 Å². The normalized spacial score (nSPS) is 11.3. The van der Waals surface area contributed by atoms with Crippen molar-refractivity contribution in [3.63, 3.8) is 0 Å². The van der Waals surface area contributed by atoms with Crippen LogP contribution in [0, 0.1) is 0 Å². The molecule has 0 aliphatic carbocycles. The van der Waals surface area contributed by atoms with Gasteiger partial charge in [0, 0.05) is 12.4 Å². The summed E-state index contributed by atoms with van der Waals surface area (Å²) in [6.45, 7) is 0. The zero-order chi connectivity index (χ0) is 7.44. The zero-order valence-corrected chi connectivity index (χ0v) is 7.32. The van der Waals surface area contributed by atoms with Crippen molar-refractivity contribution in [1.29, 1.82) is 0 Å². The van der Waals surface area contributed by atoms with Crippen molar-refractivity contribution in [2.45, 2.75) is 12.5 Å². The molecule has 0 aliphatic rings. The van der Waals surface area contributed by atoms with Crippen LogP contribution < -0.4 is 10.2 Å². The van der Waals surface area contributed by atoms with Gasteiger partial charge in [-0.1, -0.05) is 0 Å². The molecule has 0 aromatic carbocycles. The first-order chi connectivity index (χ1) is 4.04. The second-order valence-corrected chi connectivity index (χ2v) is 1.41. The van der Waals surface area contributed by atoms with E-state index in [-0.39, 0.29) is 26.2 Å². The summed E-state index contributed by atoms with van der Waals surface area (Å²) in [7, 11) is 0. The van der Waals surface area contributed by atoms with Gasteiger partial charge in [0.1, 0.15) is 0 Å². The number of carbonyl (C=O) groups is 2. The molecule has 6 heteroatoms. The van der Waals surface area contributed by atoms with E-state index >= 15 is 0 Å². The van der Waals surface area contributed by atoms with Gasteiger partial charge in [0.2, 0.25) is 0 Å². The first-order valence-corrected chi connectivity index (χ1v) is 2.13. The Kier molecular flexibility index (Phi) is 6.93. The van der Waals surface area contributed by atoms with Crippen LogP contribution in [0.2, 0.25) is 0 Å². The third-order valence-corrected chi connectivity index (χ3v) is 0.632. The SMILES string of the molecule is O=C([O-])CC(O)C(=O)[O-].[Zr+2]. The van der Waals surface area contributed by atoms with E-state index in [0.29, 0.717) is 0 Å². The standard InChI is InChI=1S/C4H6O5.Zr/c5-2(4(8)9)1-3(6)7;/h2,5H,1H2,(H,6,7)(H,8,9);/q;+2/p-2. The minimum absolute atomic E-state index is 0. The Morgan fingerprint density at radius 2 is 1.80 bits per heavy atom. The molecule has 10 heavy (non-hydrogen) atoms. The van der Waals surface area contributed by atoms with Crippen LogP contribution in [0.1, 0.15) is 6.42 Å². The van der Waals surface area contributed by atoms with Crippen LogP contribution in [0.5, 0.6) is 0 Å². The summed E-state index contributed by atoms with van der Waals surface area (Å²) in [4.78, 5) is 19.1. The maximum Gasteiger partial charge on any atom is 2.00 e. The van der Waals surface area contributed by atoms with E-state index in [0.717, 1.165) is 0 Å². The second kappa shape index (κ2) is 5.56. The van der Waals surface area contributed by atoms with E-state index in [1.54, 1.807) is 0 Å². The summed E-state index contributed by atoms with van der Waals surface area (Å²) in [5.74, 6) is -3.43. The van der Waals surface area contributed by atoms with Gasteiger partial charge in [0.05, 0.1) is 12.1 Å². The quantitative estimate of drug-likeness (QED) is 0.529. The van der Waals surface area contributed by atoms with Gasteiger partial charge in [-0.25, -0.2) is 0 Å². The van der Waals surface area contributed by atoms with Crippen LogP contribution in [-0.2, 0) is 35.8 Å². The number of carbonyl (C=O) groups excluding carboxylic acids is 2. The molecule has 0 radical (unpaired) electrons. The van der Waals surface area contributed by atoms with Crippen LogP contribution in [0.25, 0.3) is 0 Å². The summed E-state index contributed by atoms with van der Waals surface area (Å²) in [6.07, 6.45) is -2.89. The molecule has 0 aliphatic heterocycles. The molecule has 54 valence electrons. The fourth-order valence-corrected chi connectivity index (χ4v) is 0.241. The Balaban J connectivity index is 0. The molecule has 1 atom stereocenters. The van der Waals surface area contributed by atoms with Crippen molar-refractivity contribution in [1.82, 2.24) is 0 Å². The molecule has 0 fully saturated rings. The molecular weight excluding hydrogens is 219 g/mol.